The van der Waals surface area contributed by atoms with Crippen LogP contribution in [-0.2, 0) is 6.54 Å². The Bertz CT molecular complexity index is 734. The van der Waals surface area contributed by atoms with Crippen molar-refractivity contribution < 1.29 is 14.2 Å². The zero-order valence-electron chi connectivity index (χ0n) is 15.5. The van der Waals surface area contributed by atoms with Crippen LogP contribution in [0.2, 0.25) is 0 Å². The molecule has 0 saturated heterocycles. The summed E-state index contributed by atoms with van der Waals surface area (Å²) in [7, 11) is 0. The lowest BCUT2D eigenvalue weighted by Crippen LogP contribution is -2.23. The van der Waals surface area contributed by atoms with Crippen LogP contribution in [-0.4, -0.2) is 30.8 Å². The van der Waals surface area contributed by atoms with E-state index in [4.69, 9.17) is 19.9 Å². The fraction of sp³-hybridized carbons (Fsp3) is 0.368. The third-order valence-electron chi connectivity index (χ3n) is 3.38. The number of aromatic nitrogens is 1. The Morgan fingerprint density at radius 3 is 2.58 bits per heavy atom. The Balaban J connectivity index is 2.14. The Morgan fingerprint density at radius 2 is 1.85 bits per heavy atom. The van der Waals surface area contributed by atoms with Crippen molar-refractivity contribution in [2.75, 3.05) is 25.1 Å². The third kappa shape index (κ3) is 5.54. The summed E-state index contributed by atoms with van der Waals surface area (Å²) in [5, 5.41) is 3.08. The van der Waals surface area contributed by atoms with Crippen molar-refractivity contribution in [2.24, 2.45) is 10.7 Å². The molecule has 0 bridgehead atoms. The van der Waals surface area contributed by atoms with Crippen LogP contribution >= 0.6 is 0 Å². The second kappa shape index (κ2) is 10.1. The standard InChI is InChI=1S/C19H26N4O3/c1-4-24-15-9-10-17(25-5-2)16(12-15)23-19(20)22-13-14-8-7-11-21-18(14)26-6-3/h7-12H,4-6,13H2,1-3H3,(H3,20,22,23). The van der Waals surface area contributed by atoms with Crippen LogP contribution in [0.3, 0.4) is 0 Å². The summed E-state index contributed by atoms with van der Waals surface area (Å²) in [5.41, 5.74) is 7.62. The van der Waals surface area contributed by atoms with Crippen molar-refractivity contribution >= 4 is 11.6 Å². The number of guanidine groups is 1. The number of hydrogen-bond acceptors (Lipinski definition) is 5. The number of nitrogens with two attached hydrogens (primary N) is 1. The fourth-order valence-electron chi connectivity index (χ4n) is 2.30. The molecular formula is C19H26N4O3. The van der Waals surface area contributed by atoms with Crippen LogP contribution < -0.4 is 25.3 Å². The normalized spacial score (nSPS) is 11.1. The minimum Gasteiger partial charge on any atom is -0.494 e. The van der Waals surface area contributed by atoms with Crippen LogP contribution in [0.5, 0.6) is 17.4 Å². The topological polar surface area (TPSA) is 91.0 Å². The van der Waals surface area contributed by atoms with Gasteiger partial charge < -0.3 is 25.3 Å². The molecular weight excluding hydrogens is 332 g/mol. The van der Waals surface area contributed by atoms with Gasteiger partial charge >= 0.3 is 0 Å². The summed E-state index contributed by atoms with van der Waals surface area (Å²) in [6.45, 7) is 7.81. The first-order valence-electron chi connectivity index (χ1n) is 8.71. The minimum atomic E-state index is 0.269. The maximum absolute atomic E-state index is 6.05. The van der Waals surface area contributed by atoms with Gasteiger partial charge in [0.15, 0.2) is 5.96 Å². The Labute approximate surface area is 154 Å². The van der Waals surface area contributed by atoms with Crippen molar-refractivity contribution in [1.29, 1.82) is 0 Å². The molecule has 2 rings (SSSR count). The molecule has 0 unspecified atom stereocenters. The average molecular weight is 358 g/mol. The quantitative estimate of drug-likeness (QED) is 0.528. The molecule has 2 aromatic rings. The zero-order chi connectivity index (χ0) is 18.8. The van der Waals surface area contributed by atoms with E-state index in [9.17, 15) is 0 Å². The molecule has 0 atom stereocenters. The molecule has 7 nitrogen and oxygen atoms in total. The van der Waals surface area contributed by atoms with Crippen LogP contribution in [0.1, 0.15) is 26.3 Å². The van der Waals surface area contributed by atoms with Crippen molar-refractivity contribution in [3.8, 4) is 17.4 Å². The summed E-state index contributed by atoms with van der Waals surface area (Å²) in [4.78, 5) is 8.59. The van der Waals surface area contributed by atoms with Crippen LogP contribution in [0.4, 0.5) is 5.69 Å². The Morgan fingerprint density at radius 1 is 1.08 bits per heavy atom. The first-order valence-corrected chi connectivity index (χ1v) is 8.71. The maximum Gasteiger partial charge on any atom is 0.218 e. The molecule has 1 aromatic heterocycles. The lowest BCUT2D eigenvalue weighted by atomic mass is 10.2. The number of aliphatic imine (C=N–C) groups is 1. The van der Waals surface area contributed by atoms with Gasteiger partial charge in [0.2, 0.25) is 5.88 Å². The number of rotatable bonds is 9. The van der Waals surface area contributed by atoms with Gasteiger partial charge in [-0.1, -0.05) is 6.07 Å². The number of pyridine rings is 1. The number of benzene rings is 1. The molecule has 0 fully saturated rings. The zero-order valence-corrected chi connectivity index (χ0v) is 15.5. The van der Waals surface area contributed by atoms with E-state index in [0.29, 0.717) is 43.7 Å². The largest absolute Gasteiger partial charge is 0.494 e. The predicted molar refractivity (Wildman–Crippen MR) is 103 cm³/mol. The average Bonchev–Trinajstić information content (AvgIpc) is 2.64. The fourth-order valence-corrected chi connectivity index (χ4v) is 2.30. The van der Waals surface area contributed by atoms with Gasteiger partial charge in [0.05, 0.1) is 32.1 Å². The molecule has 0 aliphatic rings. The summed E-state index contributed by atoms with van der Waals surface area (Å²) < 4.78 is 16.7. The smallest absolute Gasteiger partial charge is 0.218 e. The van der Waals surface area contributed by atoms with Crippen molar-refractivity contribution in [3.05, 3.63) is 42.1 Å². The monoisotopic (exact) mass is 358 g/mol. The number of hydrogen-bond donors (Lipinski definition) is 2. The van der Waals surface area contributed by atoms with Gasteiger partial charge in [0.25, 0.3) is 0 Å². The first kappa shape index (κ1) is 19.4. The molecule has 26 heavy (non-hydrogen) atoms. The molecule has 1 heterocycles. The minimum absolute atomic E-state index is 0.269. The first-order chi connectivity index (χ1) is 12.7. The Hall–Kier alpha value is -2.96. The van der Waals surface area contributed by atoms with Gasteiger partial charge in [-0.2, -0.15) is 0 Å². The third-order valence-corrected chi connectivity index (χ3v) is 3.38. The Kier molecular flexibility index (Phi) is 7.54. The lowest BCUT2D eigenvalue weighted by Gasteiger charge is -2.14. The van der Waals surface area contributed by atoms with Crippen molar-refractivity contribution in [2.45, 2.75) is 27.3 Å². The molecule has 1 aromatic carbocycles. The van der Waals surface area contributed by atoms with E-state index in [1.165, 1.54) is 0 Å². The molecule has 0 amide bonds. The molecule has 0 spiro atoms. The van der Waals surface area contributed by atoms with E-state index < -0.39 is 0 Å². The van der Waals surface area contributed by atoms with Gasteiger partial charge in [-0.05, 0) is 39.0 Å². The molecule has 0 aliphatic heterocycles. The molecule has 3 N–H and O–H groups in total. The van der Waals surface area contributed by atoms with Crippen LogP contribution in [0, 0.1) is 0 Å². The maximum atomic E-state index is 6.05. The van der Waals surface area contributed by atoms with E-state index in [1.54, 1.807) is 6.20 Å². The molecule has 0 saturated carbocycles. The molecule has 0 radical (unpaired) electrons. The van der Waals surface area contributed by atoms with Gasteiger partial charge in [-0.3, -0.25) is 0 Å². The SMILES string of the molecule is CCOc1ccc(OCC)c(NC(N)=NCc2cccnc2OCC)c1. The second-order valence-electron chi connectivity index (χ2n) is 5.25. The number of anilines is 1. The predicted octanol–water partition coefficient (Wildman–Crippen LogP) is 3.20. The summed E-state index contributed by atoms with van der Waals surface area (Å²) in [5.74, 6) is 2.26. The molecule has 140 valence electrons. The van der Waals surface area contributed by atoms with Gasteiger partial charge in [0.1, 0.15) is 11.5 Å². The van der Waals surface area contributed by atoms with Crippen molar-refractivity contribution in [3.63, 3.8) is 0 Å². The highest BCUT2D eigenvalue weighted by atomic mass is 16.5. The highest BCUT2D eigenvalue weighted by Crippen LogP contribution is 2.29. The summed E-state index contributed by atoms with van der Waals surface area (Å²) >= 11 is 0. The highest BCUT2D eigenvalue weighted by molar-refractivity contribution is 5.94. The molecule has 7 heteroatoms. The number of nitrogens with zero attached hydrogens (tertiary/aromatic N) is 2. The molecule has 0 aliphatic carbocycles. The van der Waals surface area contributed by atoms with Crippen molar-refractivity contribution in [1.82, 2.24) is 4.98 Å². The highest BCUT2D eigenvalue weighted by Gasteiger charge is 2.08. The van der Waals surface area contributed by atoms with E-state index in [-0.39, 0.29) is 5.96 Å². The number of ether oxygens (including phenoxy) is 3. The lowest BCUT2D eigenvalue weighted by molar-refractivity contribution is 0.323. The summed E-state index contributed by atoms with van der Waals surface area (Å²) in [6, 6.07) is 9.30. The van der Waals surface area contributed by atoms with E-state index >= 15 is 0 Å². The number of nitrogens with one attached hydrogen (secondary N) is 1. The van der Waals surface area contributed by atoms with E-state index in [2.05, 4.69) is 15.3 Å². The van der Waals surface area contributed by atoms with Gasteiger partial charge in [0, 0.05) is 17.8 Å². The van der Waals surface area contributed by atoms with Gasteiger partial charge in [-0.25, -0.2) is 9.98 Å². The second-order valence-corrected chi connectivity index (χ2v) is 5.25. The van der Waals surface area contributed by atoms with Crippen LogP contribution in [0.25, 0.3) is 0 Å². The van der Waals surface area contributed by atoms with Gasteiger partial charge in [-0.15, -0.1) is 0 Å². The summed E-state index contributed by atoms with van der Waals surface area (Å²) in [6.07, 6.45) is 1.69. The van der Waals surface area contributed by atoms with Crippen LogP contribution in [0.15, 0.2) is 41.5 Å². The van der Waals surface area contributed by atoms with E-state index in [0.717, 1.165) is 11.3 Å². The van der Waals surface area contributed by atoms with E-state index in [1.807, 2.05) is 51.1 Å².